The zero-order valence-electron chi connectivity index (χ0n) is 18.7. The number of benzene rings is 3. The minimum absolute atomic E-state index is 0.0954. The van der Waals surface area contributed by atoms with Crippen LogP contribution in [0.3, 0.4) is 0 Å². The number of anilines is 1. The Hall–Kier alpha value is -3.56. The molecule has 2 atom stereocenters. The second kappa shape index (κ2) is 10.2. The zero-order chi connectivity index (χ0) is 25.2. The second-order valence-corrected chi connectivity index (χ2v) is 9.87. The van der Waals surface area contributed by atoms with Gasteiger partial charge < -0.3 is 5.32 Å². The molecule has 3 aromatic rings. The number of nitrogens with one attached hydrogen (secondary N) is 1. The molecular formula is C26H19ClF2N4O2S. The van der Waals surface area contributed by atoms with Gasteiger partial charge >= 0.3 is 0 Å². The van der Waals surface area contributed by atoms with Crippen LogP contribution in [0.1, 0.15) is 30.0 Å². The molecule has 6 nitrogen and oxygen atoms in total. The molecule has 2 aliphatic rings. The summed E-state index contributed by atoms with van der Waals surface area (Å²) in [5, 5.41) is 9.35. The van der Waals surface area contributed by atoms with E-state index in [0.717, 1.165) is 16.8 Å². The van der Waals surface area contributed by atoms with Gasteiger partial charge in [-0.05, 0) is 59.7 Å². The molecule has 2 heterocycles. The minimum Gasteiger partial charge on any atom is -0.326 e. The highest BCUT2D eigenvalue weighted by Crippen LogP contribution is 2.39. The van der Waals surface area contributed by atoms with Gasteiger partial charge in [0.05, 0.1) is 11.8 Å². The standard InChI is InChI=1S/C26H19ClF2N4O2S/c27-17-5-1-16(2-6-17)22-13-21(15-3-7-18(28)8-4-15)32-33(22)26-31-25(35)23(36-26)14-24(34)30-20-11-9-19(29)10-12-20/h1-12,22-23H,13-14H2,(H,30,34). The molecule has 0 aromatic heterocycles. The molecule has 3 aromatic carbocycles. The van der Waals surface area contributed by atoms with Crippen molar-refractivity contribution in [2.24, 2.45) is 10.1 Å². The monoisotopic (exact) mass is 524 g/mol. The van der Waals surface area contributed by atoms with Crippen LogP contribution in [0.4, 0.5) is 14.5 Å². The van der Waals surface area contributed by atoms with Gasteiger partial charge in [0.2, 0.25) is 5.91 Å². The van der Waals surface area contributed by atoms with E-state index in [1.54, 1.807) is 29.3 Å². The highest BCUT2D eigenvalue weighted by Gasteiger charge is 2.39. The first-order valence-corrected chi connectivity index (χ1v) is 12.3. The first kappa shape index (κ1) is 24.1. The molecule has 36 heavy (non-hydrogen) atoms. The summed E-state index contributed by atoms with van der Waals surface area (Å²) in [6.45, 7) is 0. The summed E-state index contributed by atoms with van der Waals surface area (Å²) in [6, 6.07) is 18.5. The van der Waals surface area contributed by atoms with E-state index in [9.17, 15) is 18.4 Å². The van der Waals surface area contributed by atoms with Crippen LogP contribution >= 0.6 is 23.4 Å². The number of aliphatic imine (C=N–C) groups is 1. The van der Waals surface area contributed by atoms with Crippen molar-refractivity contribution in [1.82, 2.24) is 5.01 Å². The molecule has 0 saturated carbocycles. The third kappa shape index (κ3) is 5.32. The number of hydrogen-bond acceptors (Lipinski definition) is 5. The summed E-state index contributed by atoms with van der Waals surface area (Å²) in [5.74, 6) is -1.56. The maximum Gasteiger partial charge on any atom is 0.262 e. The molecule has 0 saturated heterocycles. The quantitative estimate of drug-likeness (QED) is 0.458. The number of hydrazone groups is 1. The fraction of sp³-hybridized carbons (Fsp3) is 0.154. The molecule has 0 radical (unpaired) electrons. The van der Waals surface area contributed by atoms with E-state index in [1.165, 1.54) is 48.2 Å². The average Bonchev–Trinajstić information content (AvgIpc) is 3.45. The molecular weight excluding hydrogens is 506 g/mol. The van der Waals surface area contributed by atoms with E-state index in [2.05, 4.69) is 10.3 Å². The Balaban J connectivity index is 1.35. The molecule has 2 unspecified atom stereocenters. The highest BCUT2D eigenvalue weighted by molar-refractivity contribution is 8.15. The number of amidine groups is 1. The lowest BCUT2D eigenvalue weighted by molar-refractivity contribution is -0.121. The van der Waals surface area contributed by atoms with Crippen LogP contribution in [-0.2, 0) is 9.59 Å². The van der Waals surface area contributed by atoms with Crippen LogP contribution < -0.4 is 5.32 Å². The molecule has 5 rings (SSSR count). The Bertz CT molecular complexity index is 1360. The van der Waals surface area contributed by atoms with Crippen molar-refractivity contribution in [3.63, 3.8) is 0 Å². The van der Waals surface area contributed by atoms with Gasteiger partial charge in [-0.15, -0.1) is 0 Å². The Morgan fingerprint density at radius 3 is 2.31 bits per heavy atom. The lowest BCUT2D eigenvalue weighted by Gasteiger charge is -2.23. The van der Waals surface area contributed by atoms with Crippen LogP contribution in [-0.4, -0.2) is 33.0 Å². The number of nitrogens with zero attached hydrogens (tertiary/aromatic N) is 3. The fourth-order valence-corrected chi connectivity index (χ4v) is 5.15. The van der Waals surface area contributed by atoms with E-state index < -0.39 is 17.0 Å². The molecule has 2 aliphatic heterocycles. The summed E-state index contributed by atoms with van der Waals surface area (Å²) >= 11 is 7.24. The Morgan fingerprint density at radius 2 is 1.64 bits per heavy atom. The van der Waals surface area contributed by atoms with Crippen molar-refractivity contribution in [1.29, 1.82) is 0 Å². The van der Waals surface area contributed by atoms with Gasteiger partial charge in [0.25, 0.3) is 5.91 Å². The smallest absolute Gasteiger partial charge is 0.262 e. The zero-order valence-corrected chi connectivity index (χ0v) is 20.3. The summed E-state index contributed by atoms with van der Waals surface area (Å²) in [6.07, 6.45) is 0.415. The Kier molecular flexibility index (Phi) is 6.84. The van der Waals surface area contributed by atoms with Gasteiger partial charge in [0.1, 0.15) is 16.9 Å². The first-order chi connectivity index (χ1) is 17.4. The van der Waals surface area contributed by atoms with Gasteiger partial charge in [-0.3, -0.25) is 9.59 Å². The number of carbonyl (C=O) groups is 2. The topological polar surface area (TPSA) is 74.1 Å². The molecule has 0 spiro atoms. The summed E-state index contributed by atoms with van der Waals surface area (Å²) in [4.78, 5) is 29.4. The van der Waals surface area contributed by atoms with Crippen LogP contribution in [0.25, 0.3) is 0 Å². The Labute approximate surface area is 215 Å². The number of carbonyl (C=O) groups excluding carboxylic acids is 2. The van der Waals surface area contributed by atoms with Crippen LogP contribution in [0.5, 0.6) is 0 Å². The van der Waals surface area contributed by atoms with Gasteiger partial charge in [0.15, 0.2) is 5.17 Å². The number of hydrogen-bond donors (Lipinski definition) is 1. The molecule has 2 amide bonds. The van der Waals surface area contributed by atoms with Crippen molar-refractivity contribution in [2.45, 2.75) is 24.1 Å². The van der Waals surface area contributed by atoms with E-state index in [4.69, 9.17) is 16.7 Å². The molecule has 10 heteroatoms. The molecule has 1 N–H and O–H groups in total. The predicted octanol–water partition coefficient (Wildman–Crippen LogP) is 5.80. The van der Waals surface area contributed by atoms with Crippen molar-refractivity contribution in [3.8, 4) is 0 Å². The minimum atomic E-state index is -0.712. The van der Waals surface area contributed by atoms with Crippen molar-refractivity contribution < 1.29 is 18.4 Å². The average molecular weight is 525 g/mol. The third-order valence-corrected chi connectivity index (χ3v) is 7.16. The van der Waals surface area contributed by atoms with Gasteiger partial charge in [-0.25, -0.2) is 13.8 Å². The summed E-state index contributed by atoms with van der Waals surface area (Å²) in [5.41, 5.74) is 2.86. The maximum absolute atomic E-state index is 13.4. The van der Waals surface area contributed by atoms with Gasteiger partial charge in [-0.1, -0.05) is 47.6 Å². The van der Waals surface area contributed by atoms with Gasteiger partial charge in [0, 0.05) is 23.6 Å². The SMILES string of the molecule is O=C(CC1SC(N2N=C(c3ccc(F)cc3)CC2c2ccc(Cl)cc2)=NC1=O)Nc1ccc(F)cc1. The fourth-order valence-electron chi connectivity index (χ4n) is 3.97. The van der Waals surface area contributed by atoms with E-state index in [-0.39, 0.29) is 24.2 Å². The van der Waals surface area contributed by atoms with Crippen LogP contribution in [0, 0.1) is 11.6 Å². The number of halogens is 3. The van der Waals surface area contributed by atoms with Gasteiger partial charge in [-0.2, -0.15) is 10.1 Å². The van der Waals surface area contributed by atoms with Crippen LogP contribution in [0.2, 0.25) is 5.02 Å². The number of amides is 2. The molecule has 0 bridgehead atoms. The third-order valence-electron chi connectivity index (χ3n) is 5.77. The normalized spacial score (nSPS) is 19.3. The van der Waals surface area contributed by atoms with E-state index in [1.807, 2.05) is 12.1 Å². The summed E-state index contributed by atoms with van der Waals surface area (Å²) in [7, 11) is 0. The largest absolute Gasteiger partial charge is 0.326 e. The van der Waals surface area contributed by atoms with Crippen molar-refractivity contribution >= 4 is 51.7 Å². The van der Waals surface area contributed by atoms with Crippen LogP contribution in [0.15, 0.2) is 82.9 Å². The molecule has 0 fully saturated rings. The lowest BCUT2D eigenvalue weighted by atomic mass is 9.99. The van der Waals surface area contributed by atoms with E-state index >= 15 is 0 Å². The predicted molar refractivity (Wildman–Crippen MR) is 137 cm³/mol. The highest BCUT2D eigenvalue weighted by atomic mass is 35.5. The number of thioether (sulfide) groups is 1. The first-order valence-electron chi connectivity index (χ1n) is 11.1. The number of rotatable bonds is 5. The van der Waals surface area contributed by atoms with Crippen molar-refractivity contribution in [2.75, 3.05) is 5.32 Å². The second-order valence-electron chi connectivity index (χ2n) is 8.27. The Morgan fingerprint density at radius 1 is 1.00 bits per heavy atom. The summed E-state index contributed by atoms with van der Waals surface area (Å²) < 4.78 is 26.6. The van der Waals surface area contributed by atoms with E-state index in [0.29, 0.717) is 22.3 Å². The lowest BCUT2D eigenvalue weighted by Crippen LogP contribution is -2.25. The van der Waals surface area contributed by atoms with Crippen molar-refractivity contribution in [3.05, 3.63) is 101 Å². The maximum atomic E-state index is 13.4. The molecule has 0 aliphatic carbocycles. The molecule has 182 valence electrons.